The van der Waals surface area contributed by atoms with Gasteiger partial charge in [-0.3, -0.25) is 4.79 Å². The molecular weight excluding hydrogens is 458 g/mol. The Morgan fingerprint density at radius 3 is 2.53 bits per heavy atom. The van der Waals surface area contributed by atoms with Gasteiger partial charge in [-0.05, 0) is 55.6 Å². The number of rotatable bonds is 3. The molecule has 2 rings (SSSR count). The van der Waals surface area contributed by atoms with Crippen molar-refractivity contribution in [1.82, 2.24) is 0 Å². The topological polar surface area (TPSA) is 40.9 Å². The molecule has 2 nitrogen and oxygen atoms in total. The van der Waals surface area contributed by atoms with E-state index in [1.807, 2.05) is 12.1 Å². The van der Waals surface area contributed by atoms with E-state index in [0.29, 0.717) is 10.4 Å². The Labute approximate surface area is 139 Å². The van der Waals surface area contributed by atoms with Crippen LogP contribution >= 0.6 is 59.1 Å². The Kier molecular flexibility index (Phi) is 4.96. The number of Topliss-reactive ketones (excluding diaryl/α,β-unsaturated/α-hetero) is 1. The van der Waals surface area contributed by atoms with Gasteiger partial charge in [0.2, 0.25) is 0 Å². The maximum Gasteiger partial charge on any atom is 0.194 e. The summed E-state index contributed by atoms with van der Waals surface area (Å²) in [5.74, 6) is -0.966. The van der Waals surface area contributed by atoms with E-state index in [1.54, 1.807) is 18.2 Å². The zero-order valence-corrected chi connectivity index (χ0v) is 14.9. The van der Waals surface area contributed by atoms with Crippen LogP contribution in [0.15, 0.2) is 43.1 Å². The summed E-state index contributed by atoms with van der Waals surface area (Å²) in [6.07, 6.45) is 0. The largest absolute Gasteiger partial charge is 0.291 e. The van der Waals surface area contributed by atoms with Crippen LogP contribution in [0.2, 0.25) is 0 Å². The monoisotopic (exact) mass is 461 g/mol. The van der Waals surface area contributed by atoms with Gasteiger partial charge in [-0.15, -0.1) is 11.3 Å². The molecule has 2 aromatic rings. The predicted octanol–water partition coefficient (Wildman–Crippen LogP) is 5.53. The van der Waals surface area contributed by atoms with Crippen LogP contribution in [0.25, 0.3) is 0 Å². The molecule has 1 heterocycles. The maximum absolute atomic E-state index is 12.4. The second-order valence-corrected chi connectivity index (χ2v) is 7.85. The lowest BCUT2D eigenvalue weighted by atomic mass is 9.95. The molecule has 6 heteroatoms. The Morgan fingerprint density at radius 2 is 2.00 bits per heavy atom. The molecular formula is C13H6Br3NOS. The lowest BCUT2D eigenvalue weighted by Gasteiger charge is -2.07. The van der Waals surface area contributed by atoms with Crippen LogP contribution in [0.4, 0.5) is 0 Å². The van der Waals surface area contributed by atoms with Crippen molar-refractivity contribution in [3.63, 3.8) is 0 Å². The highest BCUT2D eigenvalue weighted by Crippen LogP contribution is 2.35. The van der Waals surface area contributed by atoms with Crippen molar-refractivity contribution >= 4 is 64.9 Å². The van der Waals surface area contributed by atoms with Crippen LogP contribution in [0.5, 0.6) is 0 Å². The molecule has 0 radical (unpaired) electrons. The molecule has 0 bridgehead atoms. The van der Waals surface area contributed by atoms with Crippen molar-refractivity contribution in [3.05, 3.63) is 53.5 Å². The molecule has 0 saturated heterocycles. The van der Waals surface area contributed by atoms with E-state index in [9.17, 15) is 10.1 Å². The van der Waals surface area contributed by atoms with E-state index >= 15 is 0 Å². The SMILES string of the molecule is N#CC(C(=O)c1cc(Br)c(Br)s1)c1cccc(Br)c1. The standard InChI is InChI=1S/C13H6Br3NOS/c14-8-3-1-2-7(4-8)9(6-17)12(18)11-5-10(15)13(16)19-11/h1-5,9H. The highest BCUT2D eigenvalue weighted by Gasteiger charge is 2.24. The molecule has 1 unspecified atom stereocenters. The molecule has 0 aliphatic heterocycles. The molecule has 1 atom stereocenters. The van der Waals surface area contributed by atoms with Gasteiger partial charge in [0.25, 0.3) is 0 Å². The Bertz CT molecular complexity index is 655. The van der Waals surface area contributed by atoms with Gasteiger partial charge in [-0.1, -0.05) is 28.1 Å². The number of thiophene rings is 1. The van der Waals surface area contributed by atoms with Gasteiger partial charge in [0.1, 0.15) is 5.92 Å². The van der Waals surface area contributed by atoms with Crippen LogP contribution in [-0.2, 0) is 0 Å². The molecule has 19 heavy (non-hydrogen) atoms. The minimum absolute atomic E-state index is 0.183. The number of carbonyl (C=O) groups excluding carboxylic acids is 1. The number of hydrogen-bond donors (Lipinski definition) is 0. The molecule has 1 aromatic heterocycles. The van der Waals surface area contributed by atoms with Crippen molar-refractivity contribution in [2.75, 3.05) is 0 Å². The number of ketones is 1. The highest BCUT2D eigenvalue weighted by molar-refractivity contribution is 9.13. The number of nitrogens with zero attached hydrogens (tertiary/aromatic N) is 1. The fourth-order valence-corrected chi connectivity index (χ4v) is 4.00. The van der Waals surface area contributed by atoms with Crippen LogP contribution in [-0.4, -0.2) is 5.78 Å². The summed E-state index contributed by atoms with van der Waals surface area (Å²) in [5, 5.41) is 9.27. The number of benzene rings is 1. The van der Waals surface area contributed by atoms with Crippen LogP contribution in [0.3, 0.4) is 0 Å². The van der Waals surface area contributed by atoms with E-state index in [-0.39, 0.29) is 5.78 Å². The smallest absolute Gasteiger partial charge is 0.194 e. The van der Waals surface area contributed by atoms with Gasteiger partial charge in [-0.2, -0.15) is 5.26 Å². The van der Waals surface area contributed by atoms with Gasteiger partial charge in [-0.25, -0.2) is 0 Å². The summed E-state index contributed by atoms with van der Waals surface area (Å²) >= 11 is 11.4. The molecule has 1 aromatic carbocycles. The Balaban J connectivity index is 2.38. The second kappa shape index (κ2) is 6.31. The molecule has 0 saturated carbocycles. The molecule has 0 fully saturated rings. The van der Waals surface area contributed by atoms with Crippen molar-refractivity contribution in [2.24, 2.45) is 0 Å². The first-order valence-electron chi connectivity index (χ1n) is 5.17. The summed E-state index contributed by atoms with van der Waals surface area (Å²) in [4.78, 5) is 12.9. The third kappa shape index (κ3) is 3.34. The first-order valence-corrected chi connectivity index (χ1v) is 8.36. The first kappa shape index (κ1) is 14.9. The zero-order valence-electron chi connectivity index (χ0n) is 9.36. The van der Waals surface area contributed by atoms with E-state index in [2.05, 4.69) is 53.9 Å². The Hall–Kier alpha value is -0.480. The zero-order chi connectivity index (χ0) is 14.0. The number of carbonyl (C=O) groups is 1. The fourth-order valence-electron chi connectivity index (χ4n) is 1.58. The lowest BCUT2D eigenvalue weighted by Crippen LogP contribution is -2.09. The first-order chi connectivity index (χ1) is 9.02. The third-order valence-electron chi connectivity index (χ3n) is 2.46. The summed E-state index contributed by atoms with van der Waals surface area (Å²) in [6, 6.07) is 11.1. The van der Waals surface area contributed by atoms with E-state index in [1.165, 1.54) is 11.3 Å². The minimum atomic E-state index is -0.782. The summed E-state index contributed by atoms with van der Waals surface area (Å²) in [6.45, 7) is 0. The number of halogens is 3. The van der Waals surface area contributed by atoms with Gasteiger partial charge in [0, 0.05) is 8.95 Å². The minimum Gasteiger partial charge on any atom is -0.291 e. The van der Waals surface area contributed by atoms with E-state index < -0.39 is 5.92 Å². The average molecular weight is 464 g/mol. The van der Waals surface area contributed by atoms with Crippen molar-refractivity contribution in [3.8, 4) is 6.07 Å². The van der Waals surface area contributed by atoms with Gasteiger partial charge in [0.15, 0.2) is 5.78 Å². The highest BCUT2D eigenvalue weighted by atomic mass is 79.9. The number of hydrogen-bond acceptors (Lipinski definition) is 3. The van der Waals surface area contributed by atoms with Gasteiger partial charge >= 0.3 is 0 Å². The summed E-state index contributed by atoms with van der Waals surface area (Å²) in [5.41, 5.74) is 0.697. The molecule has 0 aliphatic carbocycles. The van der Waals surface area contributed by atoms with Gasteiger partial charge in [0.05, 0.1) is 14.7 Å². The molecule has 0 aliphatic rings. The number of nitriles is 1. The normalized spacial score (nSPS) is 11.9. The van der Waals surface area contributed by atoms with Crippen LogP contribution in [0.1, 0.15) is 21.2 Å². The van der Waals surface area contributed by atoms with Crippen LogP contribution in [0, 0.1) is 11.3 Å². The Morgan fingerprint density at radius 1 is 1.26 bits per heavy atom. The maximum atomic E-state index is 12.4. The quantitative estimate of drug-likeness (QED) is 0.562. The lowest BCUT2D eigenvalue weighted by molar-refractivity contribution is 0.0983. The van der Waals surface area contributed by atoms with E-state index in [4.69, 9.17) is 0 Å². The fraction of sp³-hybridized carbons (Fsp3) is 0.0769. The molecule has 0 N–H and O–H groups in total. The molecule has 96 valence electrons. The molecule has 0 amide bonds. The van der Waals surface area contributed by atoms with Crippen molar-refractivity contribution in [1.29, 1.82) is 5.26 Å². The summed E-state index contributed by atoms with van der Waals surface area (Å²) in [7, 11) is 0. The third-order valence-corrected chi connectivity index (χ3v) is 6.23. The van der Waals surface area contributed by atoms with Gasteiger partial charge < -0.3 is 0 Å². The van der Waals surface area contributed by atoms with Crippen LogP contribution < -0.4 is 0 Å². The predicted molar refractivity (Wildman–Crippen MR) is 86.5 cm³/mol. The van der Waals surface area contributed by atoms with Crippen molar-refractivity contribution in [2.45, 2.75) is 5.92 Å². The van der Waals surface area contributed by atoms with E-state index in [0.717, 1.165) is 12.7 Å². The molecule has 0 spiro atoms. The summed E-state index contributed by atoms with van der Waals surface area (Å²) < 4.78 is 2.53. The van der Waals surface area contributed by atoms with Crippen molar-refractivity contribution < 1.29 is 4.79 Å². The second-order valence-electron chi connectivity index (χ2n) is 3.71. The average Bonchev–Trinajstić information content (AvgIpc) is 2.70.